The summed E-state index contributed by atoms with van der Waals surface area (Å²) < 4.78 is 22.3. The third-order valence-electron chi connectivity index (χ3n) is 6.20. The van der Waals surface area contributed by atoms with Crippen LogP contribution in [0.25, 0.3) is 16.5 Å². The van der Waals surface area contributed by atoms with Gasteiger partial charge in [-0.3, -0.25) is 20.1 Å². The highest BCUT2D eigenvalue weighted by Gasteiger charge is 2.22. The molecule has 0 aliphatic heterocycles. The van der Waals surface area contributed by atoms with Gasteiger partial charge in [-0.05, 0) is 41.8 Å². The Hall–Kier alpha value is -5.32. The third kappa shape index (κ3) is 6.14. The first-order chi connectivity index (χ1) is 19.6. The highest BCUT2D eigenvalue weighted by molar-refractivity contribution is 5.99. The molecule has 10 nitrogen and oxygen atoms in total. The Kier molecular flexibility index (Phi) is 7.34. The number of urea groups is 1. The number of anilines is 2. The van der Waals surface area contributed by atoms with Crippen LogP contribution in [-0.4, -0.2) is 38.7 Å². The second-order valence-electron chi connectivity index (χ2n) is 10.3. The summed E-state index contributed by atoms with van der Waals surface area (Å²) >= 11 is 0. The second kappa shape index (κ2) is 11.0. The number of carbonyl (C=O) groups excluding carboxylic acids is 2. The van der Waals surface area contributed by atoms with Crippen molar-refractivity contribution >= 4 is 34.2 Å². The van der Waals surface area contributed by atoms with Crippen molar-refractivity contribution in [1.82, 2.24) is 25.1 Å². The number of pyridine rings is 2. The first-order valence-corrected chi connectivity index (χ1v) is 12.8. The molecule has 0 fully saturated rings. The summed E-state index contributed by atoms with van der Waals surface area (Å²) in [6, 6.07) is 15.9. The Bertz CT molecular complexity index is 1760. The Balaban J connectivity index is 1.34. The van der Waals surface area contributed by atoms with Crippen LogP contribution >= 0.6 is 0 Å². The number of fused-ring (bicyclic) bond motifs is 1. The van der Waals surface area contributed by atoms with Crippen molar-refractivity contribution < 1.29 is 18.7 Å². The molecule has 0 bridgehead atoms. The Morgan fingerprint density at radius 1 is 0.902 bits per heavy atom. The van der Waals surface area contributed by atoms with Crippen molar-refractivity contribution in [1.29, 1.82) is 0 Å². The maximum absolute atomic E-state index is 14.9. The molecule has 3 aromatic heterocycles. The van der Waals surface area contributed by atoms with Crippen molar-refractivity contribution in [2.45, 2.75) is 26.2 Å². The van der Waals surface area contributed by atoms with E-state index in [-0.39, 0.29) is 28.5 Å². The predicted molar refractivity (Wildman–Crippen MR) is 154 cm³/mol. The monoisotopic (exact) mass is 553 g/mol. The lowest BCUT2D eigenvalue weighted by atomic mass is 9.92. The Morgan fingerprint density at radius 2 is 1.71 bits per heavy atom. The number of carbonyl (C=O) groups is 2. The molecule has 3 heterocycles. The molecule has 0 saturated carbocycles. The SMILES string of the molecule is CNC(=O)c1cc(Oc2ccc(NC(=O)Nc3cc(C(C)(C)C)nn3-c3ccc4cnccc4c3)c(F)c2)ccn1. The largest absolute Gasteiger partial charge is 0.457 e. The summed E-state index contributed by atoms with van der Waals surface area (Å²) in [6.07, 6.45) is 4.91. The first-order valence-electron chi connectivity index (χ1n) is 12.8. The van der Waals surface area contributed by atoms with Gasteiger partial charge in [0.1, 0.15) is 28.8 Å². The maximum Gasteiger partial charge on any atom is 0.324 e. The molecule has 11 heteroatoms. The first kappa shape index (κ1) is 27.3. The van der Waals surface area contributed by atoms with Crippen LogP contribution in [0.2, 0.25) is 0 Å². The molecule has 41 heavy (non-hydrogen) atoms. The number of rotatable bonds is 6. The summed E-state index contributed by atoms with van der Waals surface area (Å²) in [6.45, 7) is 6.08. The van der Waals surface area contributed by atoms with E-state index in [0.717, 1.165) is 28.2 Å². The molecule has 0 radical (unpaired) electrons. The number of aromatic nitrogens is 4. The number of hydrogen-bond acceptors (Lipinski definition) is 6. The lowest BCUT2D eigenvalue weighted by Crippen LogP contribution is -2.22. The minimum absolute atomic E-state index is 0.0454. The van der Waals surface area contributed by atoms with Crippen LogP contribution in [-0.2, 0) is 5.41 Å². The number of nitrogens with zero attached hydrogens (tertiary/aromatic N) is 4. The van der Waals surface area contributed by atoms with E-state index >= 15 is 0 Å². The third-order valence-corrected chi connectivity index (χ3v) is 6.20. The quantitative estimate of drug-likeness (QED) is 0.235. The molecule has 2 aromatic carbocycles. The molecule has 0 saturated heterocycles. The Labute approximate surface area is 235 Å². The summed E-state index contributed by atoms with van der Waals surface area (Å²) in [4.78, 5) is 32.9. The zero-order valence-electron chi connectivity index (χ0n) is 22.9. The van der Waals surface area contributed by atoms with Crippen molar-refractivity contribution in [3.63, 3.8) is 0 Å². The molecular weight excluding hydrogens is 525 g/mol. The zero-order valence-corrected chi connectivity index (χ0v) is 22.9. The number of hydrogen-bond donors (Lipinski definition) is 3. The number of amides is 3. The molecule has 0 spiro atoms. The van der Waals surface area contributed by atoms with Crippen LogP contribution < -0.4 is 20.7 Å². The average molecular weight is 554 g/mol. The van der Waals surface area contributed by atoms with Gasteiger partial charge >= 0.3 is 6.03 Å². The van der Waals surface area contributed by atoms with Crippen LogP contribution in [0.4, 0.5) is 20.7 Å². The highest BCUT2D eigenvalue weighted by atomic mass is 19.1. The summed E-state index contributed by atoms with van der Waals surface area (Å²) in [5.41, 5.74) is 1.35. The van der Waals surface area contributed by atoms with Crippen molar-refractivity contribution in [2.24, 2.45) is 0 Å². The van der Waals surface area contributed by atoms with Crippen LogP contribution in [0.5, 0.6) is 11.5 Å². The summed E-state index contributed by atoms with van der Waals surface area (Å²) in [7, 11) is 1.49. The lowest BCUT2D eigenvalue weighted by Gasteiger charge is -2.14. The van der Waals surface area contributed by atoms with Gasteiger partial charge in [-0.2, -0.15) is 5.10 Å². The van der Waals surface area contributed by atoms with Gasteiger partial charge in [0.2, 0.25) is 0 Å². The van der Waals surface area contributed by atoms with E-state index in [0.29, 0.717) is 11.6 Å². The van der Waals surface area contributed by atoms with Crippen LogP contribution in [0.3, 0.4) is 0 Å². The van der Waals surface area contributed by atoms with E-state index in [1.807, 2.05) is 45.0 Å². The van der Waals surface area contributed by atoms with E-state index in [2.05, 4.69) is 25.9 Å². The molecular formula is C30H28FN7O3. The normalized spacial score (nSPS) is 11.2. The van der Waals surface area contributed by atoms with Gasteiger partial charge in [-0.15, -0.1) is 0 Å². The van der Waals surface area contributed by atoms with Gasteiger partial charge in [0.15, 0.2) is 0 Å². The number of benzene rings is 2. The standard InChI is InChI=1S/C30H28FN7O3/c1-30(2,3)26-16-27(38(37-26)20-6-5-19-17-33-11-9-18(19)13-20)36-29(40)35-24-8-7-21(14-23(24)31)41-22-10-12-34-25(15-22)28(39)32-4/h5-17H,1-4H3,(H,32,39)(H2,35,36,40). The number of halogens is 1. The fourth-order valence-corrected chi connectivity index (χ4v) is 4.03. The summed E-state index contributed by atoms with van der Waals surface area (Å²) in [5, 5.41) is 14.5. The van der Waals surface area contributed by atoms with Gasteiger partial charge in [-0.1, -0.05) is 26.8 Å². The number of nitrogens with one attached hydrogen (secondary N) is 3. The van der Waals surface area contributed by atoms with Crippen LogP contribution in [0.15, 0.2) is 79.3 Å². The molecule has 0 unspecified atom stereocenters. The molecule has 0 atom stereocenters. The maximum atomic E-state index is 14.9. The van der Waals surface area contributed by atoms with Crippen molar-refractivity contribution in [2.75, 3.05) is 17.7 Å². The summed E-state index contributed by atoms with van der Waals surface area (Å²) in [5.74, 6) is -0.164. The van der Waals surface area contributed by atoms with Crippen molar-refractivity contribution in [3.05, 3.63) is 96.5 Å². The van der Waals surface area contributed by atoms with Crippen molar-refractivity contribution in [3.8, 4) is 17.2 Å². The fourth-order valence-electron chi connectivity index (χ4n) is 4.03. The van der Waals surface area contributed by atoms with E-state index in [1.165, 1.54) is 31.4 Å². The molecule has 5 aromatic rings. The molecule has 5 rings (SSSR count). The number of ether oxygens (including phenoxy) is 1. The lowest BCUT2D eigenvalue weighted by molar-refractivity contribution is 0.0957. The van der Waals surface area contributed by atoms with Gasteiger partial charge in [0, 0.05) is 54.6 Å². The minimum atomic E-state index is -0.703. The minimum Gasteiger partial charge on any atom is -0.457 e. The second-order valence-corrected chi connectivity index (χ2v) is 10.3. The predicted octanol–water partition coefficient (Wildman–Crippen LogP) is 6.05. The molecule has 0 aliphatic carbocycles. The molecule has 208 valence electrons. The molecule has 3 amide bonds. The molecule has 3 N–H and O–H groups in total. The topological polar surface area (TPSA) is 123 Å². The smallest absolute Gasteiger partial charge is 0.324 e. The fraction of sp³-hybridized carbons (Fsp3) is 0.167. The van der Waals surface area contributed by atoms with E-state index in [9.17, 15) is 14.0 Å². The zero-order chi connectivity index (χ0) is 29.1. The Morgan fingerprint density at radius 3 is 2.46 bits per heavy atom. The van der Waals surface area contributed by atoms with Gasteiger partial charge in [0.05, 0.1) is 17.1 Å². The van der Waals surface area contributed by atoms with E-state index < -0.39 is 11.8 Å². The van der Waals surface area contributed by atoms with Crippen LogP contribution in [0, 0.1) is 5.82 Å². The van der Waals surface area contributed by atoms with Gasteiger partial charge in [0.25, 0.3) is 5.91 Å². The van der Waals surface area contributed by atoms with E-state index in [1.54, 1.807) is 29.2 Å². The molecule has 0 aliphatic rings. The van der Waals surface area contributed by atoms with Gasteiger partial charge < -0.3 is 15.4 Å². The van der Waals surface area contributed by atoms with Crippen LogP contribution in [0.1, 0.15) is 37.0 Å². The van der Waals surface area contributed by atoms with Gasteiger partial charge in [-0.25, -0.2) is 13.9 Å². The average Bonchev–Trinajstić information content (AvgIpc) is 3.38. The highest BCUT2D eigenvalue weighted by Crippen LogP contribution is 2.29. The van der Waals surface area contributed by atoms with E-state index in [4.69, 9.17) is 9.84 Å².